The van der Waals surface area contributed by atoms with E-state index in [-0.39, 0.29) is 17.7 Å². The number of anilines is 1. The van der Waals surface area contributed by atoms with Crippen molar-refractivity contribution in [3.05, 3.63) is 29.3 Å². The molecule has 3 rings (SSSR count). The van der Waals surface area contributed by atoms with Crippen LogP contribution in [-0.2, 0) is 0 Å². The maximum atomic E-state index is 14.2. The topological polar surface area (TPSA) is 6.48 Å². The first-order valence-electron chi connectivity index (χ1n) is 7.52. The normalized spacial score (nSPS) is 27.5. The molecule has 2 nitrogen and oxygen atoms in total. The van der Waals surface area contributed by atoms with Crippen LogP contribution >= 0.6 is 0 Å². The molecule has 2 saturated heterocycles. The molecule has 0 amide bonds. The van der Waals surface area contributed by atoms with E-state index in [4.69, 9.17) is 0 Å². The minimum atomic E-state index is -0.320. The van der Waals surface area contributed by atoms with Crippen LogP contribution in [0.4, 0.5) is 14.5 Å². The van der Waals surface area contributed by atoms with Crippen LogP contribution in [-0.4, -0.2) is 36.6 Å². The number of hydrogen-bond donors (Lipinski definition) is 0. The van der Waals surface area contributed by atoms with Gasteiger partial charge in [0.25, 0.3) is 0 Å². The van der Waals surface area contributed by atoms with Crippen molar-refractivity contribution >= 4 is 5.69 Å². The number of aryl methyl sites for hydroxylation is 1. The van der Waals surface area contributed by atoms with Gasteiger partial charge in [-0.2, -0.15) is 0 Å². The van der Waals surface area contributed by atoms with Crippen LogP contribution in [0.2, 0.25) is 0 Å². The molecule has 0 spiro atoms. The van der Waals surface area contributed by atoms with Crippen LogP contribution in [0.15, 0.2) is 12.1 Å². The van der Waals surface area contributed by atoms with E-state index in [1.807, 2.05) is 4.90 Å². The van der Waals surface area contributed by atoms with E-state index >= 15 is 0 Å². The van der Waals surface area contributed by atoms with Gasteiger partial charge in [-0.05, 0) is 44.9 Å². The summed E-state index contributed by atoms with van der Waals surface area (Å²) in [4.78, 5) is 4.55. The number of halogens is 2. The number of rotatable bonds is 1. The van der Waals surface area contributed by atoms with Crippen molar-refractivity contribution in [3.63, 3.8) is 0 Å². The van der Waals surface area contributed by atoms with Gasteiger partial charge in [0.15, 0.2) is 0 Å². The summed E-state index contributed by atoms with van der Waals surface area (Å²) in [7, 11) is 0. The summed E-state index contributed by atoms with van der Waals surface area (Å²) in [6.45, 7) is 6.60. The van der Waals surface area contributed by atoms with Crippen molar-refractivity contribution < 1.29 is 8.78 Å². The van der Waals surface area contributed by atoms with Gasteiger partial charge in [-0.1, -0.05) is 6.42 Å². The van der Waals surface area contributed by atoms with Crippen LogP contribution < -0.4 is 4.90 Å². The molecule has 0 N–H and O–H groups in total. The molecule has 20 heavy (non-hydrogen) atoms. The Morgan fingerprint density at radius 1 is 1.10 bits per heavy atom. The predicted octanol–water partition coefficient (Wildman–Crippen LogP) is 3.34. The van der Waals surface area contributed by atoms with E-state index in [1.54, 1.807) is 6.92 Å². The fourth-order valence-corrected chi connectivity index (χ4v) is 3.54. The molecule has 4 heteroatoms. The zero-order chi connectivity index (χ0) is 14.3. The van der Waals surface area contributed by atoms with Crippen molar-refractivity contribution in [1.82, 2.24) is 4.90 Å². The van der Waals surface area contributed by atoms with Crippen LogP contribution in [0.25, 0.3) is 0 Å². The van der Waals surface area contributed by atoms with Gasteiger partial charge in [0, 0.05) is 31.2 Å². The second kappa shape index (κ2) is 5.32. The molecule has 0 saturated carbocycles. The molecule has 2 atom stereocenters. The van der Waals surface area contributed by atoms with Crippen LogP contribution in [0.1, 0.15) is 31.7 Å². The molecule has 2 fully saturated rings. The summed E-state index contributed by atoms with van der Waals surface area (Å²) in [6.07, 6.45) is 3.67. The average molecular weight is 280 g/mol. The fraction of sp³-hybridized carbons (Fsp3) is 0.625. The second-order valence-electron chi connectivity index (χ2n) is 6.20. The molecular weight excluding hydrogens is 258 g/mol. The van der Waals surface area contributed by atoms with E-state index < -0.39 is 0 Å². The molecule has 2 heterocycles. The third-order valence-corrected chi connectivity index (χ3v) is 4.72. The molecular formula is C16H22F2N2. The SMILES string of the molecule is Cc1cc(F)c(N2CC3CCCCN3CC2C)cc1F. The second-order valence-corrected chi connectivity index (χ2v) is 6.20. The predicted molar refractivity (Wildman–Crippen MR) is 77.1 cm³/mol. The minimum absolute atomic E-state index is 0.223. The Morgan fingerprint density at radius 2 is 1.90 bits per heavy atom. The molecule has 1 aromatic carbocycles. The molecule has 2 unspecified atom stereocenters. The van der Waals surface area contributed by atoms with Gasteiger partial charge in [0.2, 0.25) is 0 Å². The van der Waals surface area contributed by atoms with Crippen molar-refractivity contribution in [2.24, 2.45) is 0 Å². The molecule has 0 radical (unpaired) electrons. The first-order valence-corrected chi connectivity index (χ1v) is 7.52. The molecule has 0 bridgehead atoms. The Bertz CT molecular complexity index is 503. The van der Waals surface area contributed by atoms with E-state index in [0.717, 1.165) is 19.6 Å². The van der Waals surface area contributed by atoms with Crippen LogP contribution in [0.3, 0.4) is 0 Å². The number of piperazine rings is 1. The lowest BCUT2D eigenvalue weighted by Gasteiger charge is -2.48. The van der Waals surface area contributed by atoms with E-state index in [0.29, 0.717) is 17.3 Å². The molecule has 0 aliphatic carbocycles. The third kappa shape index (κ3) is 2.41. The molecule has 0 aromatic heterocycles. The Kier molecular flexibility index (Phi) is 3.67. The Balaban J connectivity index is 1.88. The van der Waals surface area contributed by atoms with Crippen molar-refractivity contribution in [2.45, 2.75) is 45.2 Å². The number of nitrogens with zero attached hydrogens (tertiary/aromatic N) is 2. The highest BCUT2D eigenvalue weighted by molar-refractivity contribution is 5.51. The van der Waals surface area contributed by atoms with Gasteiger partial charge in [-0.3, -0.25) is 4.90 Å². The third-order valence-electron chi connectivity index (χ3n) is 4.72. The van der Waals surface area contributed by atoms with Gasteiger partial charge in [0.1, 0.15) is 11.6 Å². The summed E-state index contributed by atoms with van der Waals surface area (Å²) in [5.74, 6) is -0.625. The van der Waals surface area contributed by atoms with Crippen molar-refractivity contribution in [3.8, 4) is 0 Å². The highest BCUT2D eigenvalue weighted by Gasteiger charge is 2.34. The first-order chi connectivity index (χ1) is 9.56. The molecule has 2 aliphatic rings. The van der Waals surface area contributed by atoms with Crippen LogP contribution in [0.5, 0.6) is 0 Å². The number of fused-ring (bicyclic) bond motifs is 1. The van der Waals surface area contributed by atoms with Gasteiger partial charge in [-0.15, -0.1) is 0 Å². The lowest BCUT2D eigenvalue weighted by atomic mass is 9.96. The van der Waals surface area contributed by atoms with Gasteiger partial charge >= 0.3 is 0 Å². The van der Waals surface area contributed by atoms with Gasteiger partial charge in [0.05, 0.1) is 5.69 Å². The highest BCUT2D eigenvalue weighted by Crippen LogP contribution is 2.30. The summed E-state index contributed by atoms with van der Waals surface area (Å²) in [5.41, 5.74) is 0.793. The Morgan fingerprint density at radius 3 is 2.70 bits per heavy atom. The first kappa shape index (κ1) is 13.8. The standard InChI is InChI=1S/C16H22F2N2/c1-11-7-15(18)16(8-14(11)17)20-10-13-5-3-4-6-19(13)9-12(20)2/h7-8,12-13H,3-6,9-10H2,1-2H3. The number of hydrogen-bond acceptors (Lipinski definition) is 2. The quantitative estimate of drug-likeness (QED) is 0.778. The van der Waals surface area contributed by atoms with Gasteiger partial charge in [-0.25, -0.2) is 8.78 Å². The summed E-state index contributed by atoms with van der Waals surface area (Å²) in [5, 5.41) is 0. The zero-order valence-electron chi connectivity index (χ0n) is 12.2. The monoisotopic (exact) mass is 280 g/mol. The molecule has 2 aliphatic heterocycles. The maximum absolute atomic E-state index is 14.2. The van der Waals surface area contributed by atoms with Crippen molar-refractivity contribution in [1.29, 1.82) is 0 Å². The summed E-state index contributed by atoms with van der Waals surface area (Å²) >= 11 is 0. The Labute approximate surface area is 119 Å². The molecule has 1 aromatic rings. The average Bonchev–Trinajstić information content (AvgIpc) is 2.42. The lowest BCUT2D eigenvalue weighted by Crippen LogP contribution is -2.59. The lowest BCUT2D eigenvalue weighted by molar-refractivity contribution is 0.115. The van der Waals surface area contributed by atoms with E-state index in [1.165, 1.54) is 31.4 Å². The summed E-state index contributed by atoms with van der Waals surface area (Å²) in [6, 6.07) is 3.38. The van der Waals surface area contributed by atoms with E-state index in [2.05, 4.69) is 11.8 Å². The largest absolute Gasteiger partial charge is 0.364 e. The maximum Gasteiger partial charge on any atom is 0.146 e. The highest BCUT2D eigenvalue weighted by atomic mass is 19.1. The summed E-state index contributed by atoms with van der Waals surface area (Å²) < 4.78 is 28.0. The number of piperidine rings is 1. The Hall–Kier alpha value is -1.16. The zero-order valence-corrected chi connectivity index (χ0v) is 12.2. The van der Waals surface area contributed by atoms with Crippen molar-refractivity contribution in [2.75, 3.05) is 24.5 Å². The van der Waals surface area contributed by atoms with E-state index in [9.17, 15) is 8.78 Å². The molecule has 110 valence electrons. The fourth-order valence-electron chi connectivity index (χ4n) is 3.54. The smallest absolute Gasteiger partial charge is 0.146 e. The minimum Gasteiger partial charge on any atom is -0.364 e. The van der Waals surface area contributed by atoms with Gasteiger partial charge < -0.3 is 4.90 Å². The number of benzene rings is 1. The van der Waals surface area contributed by atoms with Crippen LogP contribution in [0, 0.1) is 18.6 Å².